The number of allylic oxidation sites excluding steroid dienone is 1. The molecule has 0 heterocycles. The SMILES string of the molecule is C=C(CCN)c1cc(OC)ccc1C=CC. The molecule has 0 saturated carbocycles. The van der Waals surface area contributed by atoms with E-state index < -0.39 is 0 Å². The third-order valence-electron chi connectivity index (χ3n) is 2.43. The highest BCUT2D eigenvalue weighted by atomic mass is 16.5. The summed E-state index contributed by atoms with van der Waals surface area (Å²) >= 11 is 0. The number of hydrogen-bond donors (Lipinski definition) is 1. The smallest absolute Gasteiger partial charge is 0.119 e. The summed E-state index contributed by atoms with van der Waals surface area (Å²) in [6.07, 6.45) is 4.88. The first-order valence-electron chi connectivity index (χ1n) is 5.42. The highest BCUT2D eigenvalue weighted by molar-refractivity contribution is 5.74. The molecule has 86 valence electrons. The van der Waals surface area contributed by atoms with Crippen molar-refractivity contribution < 1.29 is 4.74 Å². The molecule has 0 spiro atoms. The Balaban J connectivity index is 3.14. The molecule has 1 rings (SSSR count). The molecule has 0 radical (unpaired) electrons. The number of hydrogen-bond acceptors (Lipinski definition) is 2. The summed E-state index contributed by atoms with van der Waals surface area (Å²) in [5, 5.41) is 0. The lowest BCUT2D eigenvalue weighted by Gasteiger charge is -2.10. The van der Waals surface area contributed by atoms with Crippen LogP contribution >= 0.6 is 0 Å². The molecule has 0 bridgehead atoms. The Labute approximate surface area is 97.4 Å². The average Bonchev–Trinajstić information content (AvgIpc) is 2.30. The van der Waals surface area contributed by atoms with Gasteiger partial charge in [0.1, 0.15) is 5.75 Å². The van der Waals surface area contributed by atoms with E-state index in [1.807, 2.05) is 31.2 Å². The summed E-state index contributed by atoms with van der Waals surface area (Å²) in [5.41, 5.74) is 8.87. The van der Waals surface area contributed by atoms with Gasteiger partial charge in [-0.25, -0.2) is 0 Å². The van der Waals surface area contributed by atoms with Crippen LogP contribution in [0.1, 0.15) is 24.5 Å². The van der Waals surface area contributed by atoms with Gasteiger partial charge in [-0.1, -0.05) is 24.8 Å². The number of benzene rings is 1. The summed E-state index contributed by atoms with van der Waals surface area (Å²) in [6.45, 7) is 6.68. The Hall–Kier alpha value is -1.54. The van der Waals surface area contributed by atoms with Gasteiger partial charge >= 0.3 is 0 Å². The molecular weight excluding hydrogens is 198 g/mol. The van der Waals surface area contributed by atoms with E-state index in [9.17, 15) is 0 Å². The number of rotatable bonds is 5. The Bertz CT molecular complexity index is 394. The summed E-state index contributed by atoms with van der Waals surface area (Å²) in [4.78, 5) is 0. The Morgan fingerprint density at radius 3 is 2.81 bits per heavy atom. The van der Waals surface area contributed by atoms with Crippen molar-refractivity contribution in [1.29, 1.82) is 0 Å². The summed E-state index contributed by atoms with van der Waals surface area (Å²) in [7, 11) is 1.67. The van der Waals surface area contributed by atoms with Crippen LogP contribution in [0.3, 0.4) is 0 Å². The quantitative estimate of drug-likeness (QED) is 0.822. The van der Waals surface area contributed by atoms with E-state index in [-0.39, 0.29) is 0 Å². The van der Waals surface area contributed by atoms with Gasteiger partial charge in [0.15, 0.2) is 0 Å². The zero-order valence-corrected chi connectivity index (χ0v) is 9.99. The molecule has 2 heteroatoms. The Morgan fingerprint density at radius 2 is 2.25 bits per heavy atom. The van der Waals surface area contributed by atoms with Crippen LogP contribution in [-0.4, -0.2) is 13.7 Å². The fourth-order valence-corrected chi connectivity index (χ4v) is 1.60. The first kappa shape index (κ1) is 12.5. The van der Waals surface area contributed by atoms with Crippen molar-refractivity contribution in [2.45, 2.75) is 13.3 Å². The summed E-state index contributed by atoms with van der Waals surface area (Å²) in [6, 6.07) is 6.00. The third kappa shape index (κ3) is 2.97. The largest absolute Gasteiger partial charge is 0.497 e. The second-order valence-corrected chi connectivity index (χ2v) is 3.60. The molecule has 0 saturated heterocycles. The van der Waals surface area contributed by atoms with Crippen molar-refractivity contribution >= 4 is 11.6 Å². The van der Waals surface area contributed by atoms with Gasteiger partial charge in [-0.15, -0.1) is 0 Å². The maximum atomic E-state index is 5.55. The Kier molecular flexibility index (Phi) is 4.80. The topological polar surface area (TPSA) is 35.2 Å². The van der Waals surface area contributed by atoms with Gasteiger partial charge in [0.05, 0.1) is 7.11 Å². The van der Waals surface area contributed by atoms with Crippen molar-refractivity contribution in [3.63, 3.8) is 0 Å². The first-order valence-corrected chi connectivity index (χ1v) is 5.42. The first-order chi connectivity index (χ1) is 7.72. The number of nitrogens with two attached hydrogens (primary N) is 1. The van der Waals surface area contributed by atoms with E-state index in [4.69, 9.17) is 10.5 Å². The predicted octanol–water partition coefficient (Wildman–Crippen LogP) is 3.09. The molecule has 1 aromatic carbocycles. The maximum Gasteiger partial charge on any atom is 0.119 e. The van der Waals surface area contributed by atoms with Gasteiger partial charge in [0.25, 0.3) is 0 Å². The van der Waals surface area contributed by atoms with E-state index in [0.717, 1.165) is 28.9 Å². The fraction of sp³-hybridized carbons (Fsp3) is 0.286. The molecule has 16 heavy (non-hydrogen) atoms. The van der Waals surface area contributed by atoms with Crippen LogP contribution in [0.4, 0.5) is 0 Å². The lowest BCUT2D eigenvalue weighted by atomic mass is 9.98. The highest BCUT2D eigenvalue weighted by Gasteiger charge is 2.05. The molecule has 0 fully saturated rings. The molecule has 0 amide bonds. The van der Waals surface area contributed by atoms with E-state index in [0.29, 0.717) is 6.54 Å². The van der Waals surface area contributed by atoms with E-state index in [1.54, 1.807) is 7.11 Å². The van der Waals surface area contributed by atoms with Crippen LogP contribution in [0.25, 0.3) is 11.6 Å². The zero-order chi connectivity index (χ0) is 12.0. The minimum Gasteiger partial charge on any atom is -0.497 e. The van der Waals surface area contributed by atoms with Gasteiger partial charge in [0.2, 0.25) is 0 Å². The summed E-state index contributed by atoms with van der Waals surface area (Å²) in [5.74, 6) is 0.849. The van der Waals surface area contributed by atoms with Crippen molar-refractivity contribution in [3.8, 4) is 5.75 Å². The summed E-state index contributed by atoms with van der Waals surface area (Å²) < 4.78 is 5.22. The van der Waals surface area contributed by atoms with Crippen molar-refractivity contribution in [1.82, 2.24) is 0 Å². The molecule has 2 N–H and O–H groups in total. The van der Waals surface area contributed by atoms with Crippen LogP contribution in [0.15, 0.2) is 30.9 Å². The minimum absolute atomic E-state index is 0.616. The van der Waals surface area contributed by atoms with Crippen molar-refractivity contribution in [3.05, 3.63) is 42.0 Å². The van der Waals surface area contributed by atoms with Gasteiger partial charge in [-0.3, -0.25) is 0 Å². The molecular formula is C14H19NO. The molecule has 0 aliphatic rings. The second kappa shape index (κ2) is 6.13. The molecule has 2 nitrogen and oxygen atoms in total. The predicted molar refractivity (Wildman–Crippen MR) is 70.4 cm³/mol. The average molecular weight is 217 g/mol. The molecule has 0 aliphatic carbocycles. The molecule has 0 aromatic heterocycles. The Morgan fingerprint density at radius 1 is 1.50 bits per heavy atom. The lowest BCUT2D eigenvalue weighted by molar-refractivity contribution is 0.414. The molecule has 0 unspecified atom stereocenters. The van der Waals surface area contributed by atoms with Crippen LogP contribution < -0.4 is 10.5 Å². The van der Waals surface area contributed by atoms with Crippen LogP contribution in [0.5, 0.6) is 5.75 Å². The molecule has 0 aliphatic heterocycles. The van der Waals surface area contributed by atoms with Crippen molar-refractivity contribution in [2.24, 2.45) is 5.73 Å². The minimum atomic E-state index is 0.616. The van der Waals surface area contributed by atoms with Crippen LogP contribution in [0.2, 0.25) is 0 Å². The number of methoxy groups -OCH3 is 1. The van der Waals surface area contributed by atoms with Gasteiger partial charge in [0, 0.05) is 0 Å². The molecule has 0 atom stereocenters. The van der Waals surface area contributed by atoms with Crippen LogP contribution in [-0.2, 0) is 0 Å². The monoisotopic (exact) mass is 217 g/mol. The second-order valence-electron chi connectivity index (χ2n) is 3.60. The van der Waals surface area contributed by atoms with Crippen molar-refractivity contribution in [2.75, 3.05) is 13.7 Å². The normalized spacial score (nSPS) is 10.7. The lowest BCUT2D eigenvalue weighted by Crippen LogP contribution is -2.00. The molecule has 1 aromatic rings. The third-order valence-corrected chi connectivity index (χ3v) is 2.43. The van der Waals surface area contributed by atoms with Gasteiger partial charge in [-0.2, -0.15) is 0 Å². The van der Waals surface area contributed by atoms with E-state index >= 15 is 0 Å². The zero-order valence-electron chi connectivity index (χ0n) is 9.99. The van der Waals surface area contributed by atoms with Crippen LogP contribution in [0, 0.1) is 0 Å². The fourth-order valence-electron chi connectivity index (χ4n) is 1.60. The number of ether oxygens (including phenoxy) is 1. The van der Waals surface area contributed by atoms with Gasteiger partial charge < -0.3 is 10.5 Å². The van der Waals surface area contributed by atoms with E-state index in [2.05, 4.69) is 12.7 Å². The maximum absolute atomic E-state index is 5.55. The highest BCUT2D eigenvalue weighted by Crippen LogP contribution is 2.26. The van der Waals surface area contributed by atoms with E-state index in [1.165, 1.54) is 0 Å². The standard InChI is InChI=1S/C14H19NO/c1-4-5-12-6-7-13(16-3)10-14(12)11(2)8-9-15/h4-7,10H,2,8-9,15H2,1,3H3. The van der Waals surface area contributed by atoms with Gasteiger partial charge in [-0.05, 0) is 48.7 Å².